The van der Waals surface area contributed by atoms with Gasteiger partial charge in [0.2, 0.25) is 15.9 Å². The SMILES string of the molecule is COC(=O)N[C@H](C(=O)Nc1cccc(F)c1CC[C@H]1CN[C@@H]2CCCS(=O)(=O)N1C2)C(C1C=CC(F)=CC1)[C@H]1C[C@@H](C)O[C@@H](C)C1. The van der Waals surface area contributed by atoms with E-state index in [0.717, 1.165) is 6.42 Å². The molecule has 0 saturated carbocycles. The molecule has 10 nitrogen and oxygen atoms in total. The van der Waals surface area contributed by atoms with Crippen molar-refractivity contribution in [2.75, 3.05) is 31.3 Å². The molecule has 254 valence electrons. The largest absolute Gasteiger partial charge is 0.453 e. The fourth-order valence-electron chi connectivity index (χ4n) is 7.75. The zero-order chi connectivity index (χ0) is 33.0. The van der Waals surface area contributed by atoms with Crippen LogP contribution in [0, 0.1) is 23.6 Å². The summed E-state index contributed by atoms with van der Waals surface area (Å²) in [5.74, 6) is -2.08. The third-order valence-corrected chi connectivity index (χ3v) is 11.8. The second-order valence-corrected chi connectivity index (χ2v) is 15.1. The number of alkyl carbamates (subject to hydrolysis) is 1. The molecule has 3 aliphatic heterocycles. The van der Waals surface area contributed by atoms with E-state index in [4.69, 9.17) is 9.47 Å². The maximum absolute atomic E-state index is 15.4. The van der Waals surface area contributed by atoms with Crippen LogP contribution >= 0.6 is 0 Å². The first-order valence-electron chi connectivity index (χ1n) is 16.3. The van der Waals surface area contributed by atoms with Gasteiger partial charge in [-0.2, -0.15) is 4.31 Å². The highest BCUT2D eigenvalue weighted by Gasteiger charge is 2.43. The highest BCUT2D eigenvalue weighted by Crippen LogP contribution is 2.40. The number of sulfonamides is 1. The highest BCUT2D eigenvalue weighted by atomic mass is 32.2. The number of carbonyl (C=O) groups is 2. The van der Waals surface area contributed by atoms with Gasteiger partial charge in [0.25, 0.3) is 0 Å². The molecule has 3 fully saturated rings. The standard InChI is InChI=1S/C33H46F2N4O6S/c1-20-16-23(17-21(2)45-20)30(22-9-11-24(34)12-10-22)31(38-33(41)44-3)32(40)37-29-8-4-7-28(35)27(29)14-13-26-18-36-25-6-5-15-46(42,43)39(26)19-25/h4,7-9,11-12,20-23,25-26,30-31,36H,5-6,10,13-19H2,1-3H3,(H,37,40)(H,38,41)/t20-,21+,22?,23+,25-,26+,30?,31+/m1/s1. The molecule has 2 bridgehead atoms. The van der Waals surface area contributed by atoms with Gasteiger partial charge in [0.05, 0.1) is 25.1 Å². The Labute approximate surface area is 270 Å². The molecular formula is C33H46F2N4O6S. The summed E-state index contributed by atoms with van der Waals surface area (Å²) in [6.07, 6.45) is 7.23. The van der Waals surface area contributed by atoms with Crippen LogP contribution in [0.5, 0.6) is 0 Å². The van der Waals surface area contributed by atoms with Crippen molar-refractivity contribution in [1.29, 1.82) is 0 Å². The number of hydrogen-bond donors (Lipinski definition) is 3. The fourth-order valence-corrected chi connectivity index (χ4v) is 9.56. The third kappa shape index (κ3) is 8.15. The van der Waals surface area contributed by atoms with Crippen LogP contribution in [0.3, 0.4) is 0 Å². The molecule has 4 aliphatic rings. The van der Waals surface area contributed by atoms with E-state index in [1.165, 1.54) is 31.4 Å². The number of allylic oxidation sites excluding steroid dienone is 4. The molecule has 3 heterocycles. The quantitative estimate of drug-likeness (QED) is 0.357. The van der Waals surface area contributed by atoms with Crippen LogP contribution in [0.25, 0.3) is 0 Å². The van der Waals surface area contributed by atoms with E-state index >= 15 is 4.39 Å². The Morgan fingerprint density at radius 2 is 1.96 bits per heavy atom. The van der Waals surface area contributed by atoms with Gasteiger partial charge in [-0.25, -0.2) is 22.0 Å². The van der Waals surface area contributed by atoms with E-state index in [1.54, 1.807) is 16.4 Å². The lowest BCUT2D eigenvalue weighted by Gasteiger charge is -2.42. The summed E-state index contributed by atoms with van der Waals surface area (Å²) in [6.45, 7) is 4.81. The number of nitrogens with one attached hydrogen (secondary N) is 3. The number of fused-ring (bicyclic) bond motifs is 2. The van der Waals surface area contributed by atoms with Crippen molar-refractivity contribution < 1.29 is 36.3 Å². The molecule has 2 amide bonds. The molecule has 1 aliphatic carbocycles. The molecule has 46 heavy (non-hydrogen) atoms. The number of nitrogens with zero attached hydrogens (tertiary/aromatic N) is 1. The minimum atomic E-state index is -3.42. The summed E-state index contributed by atoms with van der Waals surface area (Å²) >= 11 is 0. The smallest absolute Gasteiger partial charge is 0.407 e. The van der Waals surface area contributed by atoms with Gasteiger partial charge in [0.15, 0.2) is 0 Å². The van der Waals surface area contributed by atoms with E-state index in [9.17, 15) is 22.4 Å². The van der Waals surface area contributed by atoms with Gasteiger partial charge < -0.3 is 25.4 Å². The van der Waals surface area contributed by atoms with Crippen molar-refractivity contribution in [3.8, 4) is 0 Å². The van der Waals surface area contributed by atoms with Gasteiger partial charge in [-0.05, 0) is 101 Å². The van der Waals surface area contributed by atoms with Crippen molar-refractivity contribution in [2.45, 2.75) is 89.1 Å². The Hall–Kier alpha value is -2.87. The Morgan fingerprint density at radius 1 is 1.20 bits per heavy atom. The van der Waals surface area contributed by atoms with Crippen LogP contribution in [0.15, 0.2) is 42.3 Å². The van der Waals surface area contributed by atoms with Crippen LogP contribution in [0.1, 0.15) is 57.9 Å². The van der Waals surface area contributed by atoms with Gasteiger partial charge in [-0.1, -0.05) is 12.1 Å². The molecule has 1 aromatic carbocycles. The van der Waals surface area contributed by atoms with E-state index in [1.807, 2.05) is 13.8 Å². The van der Waals surface area contributed by atoms with Crippen molar-refractivity contribution in [1.82, 2.24) is 14.9 Å². The normalized spacial score (nSPS) is 31.9. The summed E-state index contributed by atoms with van der Waals surface area (Å²) in [5, 5.41) is 9.06. The maximum Gasteiger partial charge on any atom is 0.407 e. The number of halogens is 2. The van der Waals surface area contributed by atoms with Crippen LogP contribution in [-0.4, -0.2) is 81.0 Å². The van der Waals surface area contributed by atoms with E-state index in [2.05, 4.69) is 16.0 Å². The fraction of sp³-hybridized carbons (Fsp3) is 0.636. The molecule has 1 aromatic rings. The van der Waals surface area contributed by atoms with Crippen molar-refractivity contribution in [3.63, 3.8) is 0 Å². The number of benzene rings is 1. The number of piperazine rings is 1. The van der Waals surface area contributed by atoms with E-state index < -0.39 is 39.8 Å². The van der Waals surface area contributed by atoms with Gasteiger partial charge in [0.1, 0.15) is 17.7 Å². The lowest BCUT2D eigenvalue weighted by Crippen LogP contribution is -2.57. The first-order valence-corrected chi connectivity index (χ1v) is 17.9. The highest BCUT2D eigenvalue weighted by molar-refractivity contribution is 7.89. The average Bonchev–Trinajstić information content (AvgIpc) is 3.12. The van der Waals surface area contributed by atoms with Gasteiger partial charge in [-0.3, -0.25) is 4.79 Å². The number of hydrogen-bond acceptors (Lipinski definition) is 7. The molecule has 3 unspecified atom stereocenters. The number of amides is 2. The van der Waals surface area contributed by atoms with Crippen LogP contribution in [-0.2, 0) is 30.7 Å². The third-order valence-electron chi connectivity index (χ3n) is 9.85. The maximum atomic E-state index is 15.4. The number of rotatable bonds is 9. The van der Waals surface area contributed by atoms with Crippen LogP contribution in [0.2, 0.25) is 0 Å². The molecule has 0 radical (unpaired) electrons. The van der Waals surface area contributed by atoms with Crippen molar-refractivity contribution >= 4 is 27.7 Å². The Balaban J connectivity index is 1.40. The molecule has 3 saturated heterocycles. The first kappa shape index (κ1) is 34.5. The summed E-state index contributed by atoms with van der Waals surface area (Å²) in [6, 6.07) is 3.10. The summed E-state index contributed by atoms with van der Waals surface area (Å²) in [7, 11) is -2.20. The summed E-state index contributed by atoms with van der Waals surface area (Å²) in [4.78, 5) is 26.9. The zero-order valence-corrected chi connectivity index (χ0v) is 27.5. The molecule has 0 aromatic heterocycles. The monoisotopic (exact) mass is 664 g/mol. The van der Waals surface area contributed by atoms with E-state index in [0.29, 0.717) is 45.2 Å². The van der Waals surface area contributed by atoms with E-state index in [-0.39, 0.29) is 65.4 Å². The van der Waals surface area contributed by atoms with Crippen LogP contribution < -0.4 is 16.0 Å². The average molecular weight is 665 g/mol. The van der Waals surface area contributed by atoms with Crippen molar-refractivity contribution in [3.05, 3.63) is 53.6 Å². The minimum Gasteiger partial charge on any atom is -0.453 e. The molecule has 0 spiro atoms. The Kier molecular flexibility index (Phi) is 11.2. The number of ether oxygens (including phenoxy) is 2. The van der Waals surface area contributed by atoms with Gasteiger partial charge in [0, 0.05) is 36.4 Å². The molecule has 13 heteroatoms. The van der Waals surface area contributed by atoms with Crippen molar-refractivity contribution in [2.24, 2.45) is 17.8 Å². The number of anilines is 1. The first-order chi connectivity index (χ1) is 21.9. The zero-order valence-electron chi connectivity index (χ0n) is 26.7. The molecular weight excluding hydrogens is 618 g/mol. The lowest BCUT2D eigenvalue weighted by atomic mass is 9.69. The topological polar surface area (TPSA) is 126 Å². The van der Waals surface area contributed by atoms with Gasteiger partial charge in [-0.15, -0.1) is 0 Å². The summed E-state index contributed by atoms with van der Waals surface area (Å²) in [5.41, 5.74) is 0.508. The van der Waals surface area contributed by atoms with Gasteiger partial charge >= 0.3 is 6.09 Å². The molecule has 3 N–H and O–H groups in total. The molecule has 9 atom stereocenters. The number of methoxy groups -OCH3 is 1. The second-order valence-electron chi connectivity index (χ2n) is 13.1. The Bertz CT molecular complexity index is 1430. The Morgan fingerprint density at radius 3 is 2.65 bits per heavy atom. The summed E-state index contributed by atoms with van der Waals surface area (Å²) < 4.78 is 67.8. The minimum absolute atomic E-state index is 0.0546. The van der Waals surface area contributed by atoms with Crippen LogP contribution in [0.4, 0.5) is 19.3 Å². The predicted octanol–water partition coefficient (Wildman–Crippen LogP) is 4.44. The predicted molar refractivity (Wildman–Crippen MR) is 171 cm³/mol. The lowest BCUT2D eigenvalue weighted by molar-refractivity contribution is -0.122. The molecule has 5 rings (SSSR count). The second kappa shape index (κ2) is 14.9. The number of carbonyl (C=O) groups excluding carboxylic acids is 2.